The fourth-order valence-electron chi connectivity index (χ4n) is 1.90. The van der Waals surface area contributed by atoms with Crippen LogP contribution in [0.2, 0.25) is 0 Å². The summed E-state index contributed by atoms with van der Waals surface area (Å²) in [6.07, 6.45) is 0. The molecule has 1 aromatic heterocycles. The molecule has 1 unspecified atom stereocenters. The number of piperazine rings is 1. The Morgan fingerprint density at radius 1 is 1.44 bits per heavy atom. The van der Waals surface area contributed by atoms with Crippen molar-refractivity contribution in [2.45, 2.75) is 13.0 Å². The highest BCUT2D eigenvalue weighted by Crippen LogP contribution is 2.12. The molecule has 0 amide bonds. The minimum atomic E-state index is 0.558. The van der Waals surface area contributed by atoms with Crippen LogP contribution in [0, 0.1) is 6.92 Å². The predicted octanol–water partition coefficient (Wildman–Crippen LogP) is 0.504. The zero-order valence-electron chi connectivity index (χ0n) is 10.1. The Kier molecular flexibility index (Phi) is 3.73. The topological polar surface area (TPSA) is 44.3 Å². The summed E-state index contributed by atoms with van der Waals surface area (Å²) >= 11 is 1.44. The number of likely N-dealkylation sites (N-methyl/N-ethyl adjacent to an activating group) is 2. The van der Waals surface area contributed by atoms with E-state index < -0.39 is 0 Å². The van der Waals surface area contributed by atoms with Crippen LogP contribution >= 0.6 is 11.5 Å². The maximum absolute atomic E-state index is 4.30. The van der Waals surface area contributed by atoms with E-state index in [1.165, 1.54) is 11.5 Å². The van der Waals surface area contributed by atoms with E-state index in [0.29, 0.717) is 6.04 Å². The zero-order valence-corrected chi connectivity index (χ0v) is 10.9. The van der Waals surface area contributed by atoms with Crippen molar-refractivity contribution in [3.05, 3.63) is 5.82 Å². The van der Waals surface area contributed by atoms with Gasteiger partial charge in [0.25, 0.3) is 0 Å². The highest BCUT2D eigenvalue weighted by molar-refractivity contribution is 7.09. The molecule has 6 heteroatoms. The minimum Gasteiger partial charge on any atom is -0.359 e. The smallest absolute Gasteiger partial charge is 0.202 e. The normalized spacial score (nSPS) is 23.6. The number of nitrogens with one attached hydrogen (secondary N) is 1. The summed E-state index contributed by atoms with van der Waals surface area (Å²) < 4.78 is 4.16. The molecule has 2 heterocycles. The Labute approximate surface area is 101 Å². The van der Waals surface area contributed by atoms with Crippen LogP contribution in [0.25, 0.3) is 0 Å². The Hall–Kier alpha value is -0.720. The van der Waals surface area contributed by atoms with Gasteiger partial charge in [-0.15, -0.1) is 0 Å². The lowest BCUT2D eigenvalue weighted by Crippen LogP contribution is -2.52. The van der Waals surface area contributed by atoms with E-state index in [9.17, 15) is 0 Å². The van der Waals surface area contributed by atoms with Crippen molar-refractivity contribution in [2.75, 3.05) is 45.6 Å². The van der Waals surface area contributed by atoms with Crippen molar-refractivity contribution >= 4 is 16.7 Å². The number of nitrogens with zero attached hydrogens (tertiary/aromatic N) is 4. The fraction of sp³-hybridized carbons (Fsp3) is 0.800. The van der Waals surface area contributed by atoms with E-state index in [1.54, 1.807) is 0 Å². The third-order valence-electron chi connectivity index (χ3n) is 3.00. The van der Waals surface area contributed by atoms with Crippen molar-refractivity contribution in [3.8, 4) is 0 Å². The van der Waals surface area contributed by atoms with Gasteiger partial charge in [-0.1, -0.05) is 0 Å². The number of rotatable bonds is 3. The van der Waals surface area contributed by atoms with Crippen LogP contribution in [0.3, 0.4) is 0 Å². The third kappa shape index (κ3) is 2.90. The van der Waals surface area contributed by atoms with Crippen LogP contribution in [0.4, 0.5) is 5.13 Å². The molecule has 1 aliphatic rings. The lowest BCUT2D eigenvalue weighted by atomic mass is 10.2. The number of aromatic nitrogens is 2. The number of hydrogen-bond acceptors (Lipinski definition) is 6. The second-order valence-corrected chi connectivity index (χ2v) is 5.18. The number of anilines is 1. The van der Waals surface area contributed by atoms with Gasteiger partial charge in [0.1, 0.15) is 5.82 Å². The van der Waals surface area contributed by atoms with E-state index in [1.807, 2.05) is 6.92 Å². The van der Waals surface area contributed by atoms with E-state index >= 15 is 0 Å². The van der Waals surface area contributed by atoms with E-state index in [4.69, 9.17) is 0 Å². The lowest BCUT2D eigenvalue weighted by Gasteiger charge is -2.37. The maximum atomic E-state index is 4.30. The van der Waals surface area contributed by atoms with Gasteiger partial charge >= 0.3 is 0 Å². The van der Waals surface area contributed by atoms with E-state index in [2.05, 4.69) is 38.6 Å². The summed E-state index contributed by atoms with van der Waals surface area (Å²) in [5.41, 5.74) is 0. The van der Waals surface area contributed by atoms with Gasteiger partial charge < -0.3 is 10.2 Å². The van der Waals surface area contributed by atoms with Crippen molar-refractivity contribution in [2.24, 2.45) is 0 Å². The molecule has 0 radical (unpaired) electrons. The van der Waals surface area contributed by atoms with Crippen LogP contribution in [0.5, 0.6) is 0 Å². The van der Waals surface area contributed by atoms with Crippen molar-refractivity contribution in [3.63, 3.8) is 0 Å². The van der Waals surface area contributed by atoms with Crippen LogP contribution in [0.1, 0.15) is 5.82 Å². The van der Waals surface area contributed by atoms with E-state index in [-0.39, 0.29) is 0 Å². The monoisotopic (exact) mass is 241 g/mol. The predicted molar refractivity (Wildman–Crippen MR) is 67.1 cm³/mol. The van der Waals surface area contributed by atoms with Gasteiger partial charge in [0, 0.05) is 43.8 Å². The summed E-state index contributed by atoms with van der Waals surface area (Å²) in [6, 6.07) is 0.558. The molecule has 90 valence electrons. The average Bonchev–Trinajstić information content (AvgIpc) is 2.66. The van der Waals surface area contributed by atoms with Gasteiger partial charge in [-0.3, -0.25) is 4.90 Å². The Morgan fingerprint density at radius 3 is 2.94 bits per heavy atom. The summed E-state index contributed by atoms with van der Waals surface area (Å²) in [4.78, 5) is 9.08. The Bertz CT molecular complexity index is 340. The highest BCUT2D eigenvalue weighted by atomic mass is 32.1. The molecule has 1 N–H and O–H groups in total. The standard InChI is InChI=1S/C10H19N5S/c1-8-12-10(16-13-8)11-6-9-7-14(2)4-5-15(9)3/h9H,4-7H2,1-3H3,(H,11,12,13). The highest BCUT2D eigenvalue weighted by Gasteiger charge is 2.21. The molecule has 16 heavy (non-hydrogen) atoms. The quantitative estimate of drug-likeness (QED) is 0.835. The first-order chi connectivity index (χ1) is 7.65. The molecule has 1 aliphatic heterocycles. The third-order valence-corrected chi connectivity index (χ3v) is 3.76. The van der Waals surface area contributed by atoms with Gasteiger partial charge in [0.2, 0.25) is 5.13 Å². The average molecular weight is 241 g/mol. The van der Waals surface area contributed by atoms with Crippen molar-refractivity contribution in [1.82, 2.24) is 19.2 Å². The minimum absolute atomic E-state index is 0.558. The second kappa shape index (κ2) is 5.07. The first-order valence-electron chi connectivity index (χ1n) is 5.58. The molecule has 0 bridgehead atoms. The molecule has 0 aliphatic carbocycles. The van der Waals surface area contributed by atoms with Gasteiger partial charge in [0.05, 0.1) is 0 Å². The molecule has 5 nitrogen and oxygen atoms in total. The molecule has 0 spiro atoms. The summed E-state index contributed by atoms with van der Waals surface area (Å²) in [5.74, 6) is 0.849. The van der Waals surface area contributed by atoms with Crippen molar-refractivity contribution < 1.29 is 0 Å². The van der Waals surface area contributed by atoms with Gasteiger partial charge in [-0.05, 0) is 21.0 Å². The van der Waals surface area contributed by atoms with Crippen molar-refractivity contribution in [1.29, 1.82) is 0 Å². The fourth-order valence-corrected chi connectivity index (χ4v) is 2.48. The molecular formula is C10H19N5S. The Balaban J connectivity index is 1.84. The van der Waals surface area contributed by atoms with Crippen LogP contribution < -0.4 is 5.32 Å². The first-order valence-corrected chi connectivity index (χ1v) is 6.35. The largest absolute Gasteiger partial charge is 0.359 e. The SMILES string of the molecule is Cc1nsc(NCC2CN(C)CCN2C)n1. The second-order valence-electron chi connectivity index (χ2n) is 4.42. The summed E-state index contributed by atoms with van der Waals surface area (Å²) in [5, 5.41) is 4.29. The van der Waals surface area contributed by atoms with Crippen LogP contribution in [0.15, 0.2) is 0 Å². The molecule has 2 rings (SSSR count). The van der Waals surface area contributed by atoms with Gasteiger partial charge in [-0.25, -0.2) is 4.98 Å². The first kappa shape index (κ1) is 11.8. The number of hydrogen-bond donors (Lipinski definition) is 1. The molecule has 1 saturated heterocycles. The van der Waals surface area contributed by atoms with Crippen LogP contribution in [-0.2, 0) is 0 Å². The lowest BCUT2D eigenvalue weighted by molar-refractivity contribution is 0.122. The molecular weight excluding hydrogens is 222 g/mol. The van der Waals surface area contributed by atoms with Gasteiger partial charge in [0.15, 0.2) is 0 Å². The molecule has 1 fully saturated rings. The Morgan fingerprint density at radius 2 is 2.25 bits per heavy atom. The molecule has 0 aromatic carbocycles. The summed E-state index contributed by atoms with van der Waals surface area (Å²) in [7, 11) is 4.36. The number of aryl methyl sites for hydroxylation is 1. The molecule has 1 atom stereocenters. The molecule has 1 aromatic rings. The zero-order chi connectivity index (χ0) is 11.5. The maximum Gasteiger partial charge on any atom is 0.202 e. The van der Waals surface area contributed by atoms with E-state index in [0.717, 1.165) is 37.1 Å². The van der Waals surface area contributed by atoms with Crippen LogP contribution in [-0.4, -0.2) is 65.5 Å². The summed E-state index contributed by atoms with van der Waals surface area (Å²) in [6.45, 7) is 6.27. The molecule has 0 saturated carbocycles. The van der Waals surface area contributed by atoms with Gasteiger partial charge in [-0.2, -0.15) is 4.37 Å².